The van der Waals surface area contributed by atoms with Gasteiger partial charge in [0.25, 0.3) is 0 Å². The van der Waals surface area contributed by atoms with Crippen LogP contribution in [-0.2, 0) is 14.3 Å². The largest absolute Gasteiger partial charge is 0.461 e. The maximum atomic E-state index is 12.4. The Bertz CT molecular complexity index is 1070. The highest BCUT2D eigenvalue weighted by Gasteiger charge is 2.58. The molecular weight excluding hydrogens is 444 g/mol. The number of hydrogen-bond donors (Lipinski definition) is 2. The lowest BCUT2D eigenvalue weighted by Gasteiger charge is -2.59. The first-order valence-corrected chi connectivity index (χ1v) is 13.2. The van der Waals surface area contributed by atoms with Crippen molar-refractivity contribution in [2.24, 2.45) is 40.1 Å². The summed E-state index contributed by atoms with van der Waals surface area (Å²) in [4.78, 5) is 34.9. The van der Waals surface area contributed by atoms with Gasteiger partial charge in [-0.25, -0.2) is 4.79 Å². The molecule has 7 nitrogen and oxygen atoms in total. The lowest BCUT2D eigenvalue weighted by atomic mass is 9.46. The van der Waals surface area contributed by atoms with Crippen molar-refractivity contribution < 1.29 is 18.7 Å². The zero-order valence-corrected chi connectivity index (χ0v) is 20.8. The zero-order valence-electron chi connectivity index (χ0n) is 20.8. The number of esters is 1. The van der Waals surface area contributed by atoms with E-state index < -0.39 is 17.9 Å². The molecule has 0 bridgehead atoms. The fraction of sp³-hybridized carbons (Fsp3) is 0.679. The highest BCUT2D eigenvalue weighted by molar-refractivity contribution is 5.84. The van der Waals surface area contributed by atoms with Crippen LogP contribution in [0.4, 0.5) is 0 Å². The molecule has 3 saturated carbocycles. The molecular formula is C28H38N2O5. The summed E-state index contributed by atoms with van der Waals surface area (Å²) in [5.41, 5.74) is 13.8. The van der Waals surface area contributed by atoms with Gasteiger partial charge in [-0.15, -0.1) is 0 Å². The Labute approximate surface area is 206 Å². The van der Waals surface area contributed by atoms with Gasteiger partial charge in [-0.2, -0.15) is 0 Å². The van der Waals surface area contributed by atoms with Gasteiger partial charge in [0.1, 0.15) is 12.1 Å². The van der Waals surface area contributed by atoms with Gasteiger partial charge in [0.2, 0.25) is 5.91 Å². The summed E-state index contributed by atoms with van der Waals surface area (Å²) in [6.45, 7) is 4.88. The fourth-order valence-corrected chi connectivity index (χ4v) is 8.28. The number of fused-ring (bicyclic) bond motifs is 5. The van der Waals surface area contributed by atoms with Gasteiger partial charge in [-0.05, 0) is 97.5 Å². The average Bonchev–Trinajstić information content (AvgIpc) is 3.16. The van der Waals surface area contributed by atoms with Crippen LogP contribution in [0, 0.1) is 28.6 Å². The van der Waals surface area contributed by atoms with Gasteiger partial charge >= 0.3 is 11.6 Å². The van der Waals surface area contributed by atoms with Crippen LogP contribution in [0.2, 0.25) is 0 Å². The SMILES string of the molecule is C[C@]12CC[C@H](OC(=O)[C@@H](N)CC(N)=O)C[C@H]1CC[C@H]1C3=CC[C@H](c4ccc(=O)oc4)[C@@]3(C)CC[C@@H]12. The van der Waals surface area contributed by atoms with Gasteiger partial charge in [0.15, 0.2) is 0 Å². The lowest BCUT2D eigenvalue weighted by Crippen LogP contribution is -2.52. The summed E-state index contributed by atoms with van der Waals surface area (Å²) in [6, 6.07) is 2.51. The van der Waals surface area contributed by atoms with Gasteiger partial charge in [0, 0.05) is 6.07 Å². The van der Waals surface area contributed by atoms with Gasteiger partial charge in [0.05, 0.1) is 12.7 Å². The second-order valence-electron chi connectivity index (χ2n) is 11.9. The molecule has 0 saturated heterocycles. The van der Waals surface area contributed by atoms with Gasteiger partial charge in [-0.1, -0.05) is 25.5 Å². The fourth-order valence-electron chi connectivity index (χ4n) is 8.28. The summed E-state index contributed by atoms with van der Waals surface area (Å²) in [5.74, 6) is 1.02. The smallest absolute Gasteiger partial charge is 0.335 e. The van der Waals surface area contributed by atoms with Crippen molar-refractivity contribution >= 4 is 11.9 Å². The molecule has 0 radical (unpaired) electrons. The minimum absolute atomic E-state index is 0.119. The molecule has 1 aromatic heterocycles. The third kappa shape index (κ3) is 4.15. The molecule has 3 fully saturated rings. The Morgan fingerprint density at radius 2 is 1.97 bits per heavy atom. The molecule has 4 aliphatic carbocycles. The van der Waals surface area contributed by atoms with Crippen molar-refractivity contribution in [3.63, 3.8) is 0 Å². The molecule has 0 aromatic carbocycles. The summed E-state index contributed by atoms with van der Waals surface area (Å²) in [5, 5.41) is 0. The van der Waals surface area contributed by atoms with Crippen LogP contribution >= 0.6 is 0 Å². The number of carbonyl (C=O) groups is 2. The molecule has 7 heteroatoms. The monoisotopic (exact) mass is 482 g/mol. The number of carbonyl (C=O) groups excluding carboxylic acids is 2. The van der Waals surface area contributed by atoms with E-state index in [0.29, 0.717) is 23.7 Å². The maximum absolute atomic E-state index is 12.4. The molecule has 1 amide bonds. The number of hydrogen-bond acceptors (Lipinski definition) is 6. The first-order valence-electron chi connectivity index (χ1n) is 13.2. The Morgan fingerprint density at radius 1 is 1.17 bits per heavy atom. The van der Waals surface area contributed by atoms with E-state index >= 15 is 0 Å². The molecule has 0 spiro atoms. The van der Waals surface area contributed by atoms with E-state index in [0.717, 1.165) is 44.1 Å². The van der Waals surface area contributed by atoms with Crippen LogP contribution in [0.15, 0.2) is 39.3 Å². The molecule has 8 atom stereocenters. The van der Waals surface area contributed by atoms with Crippen LogP contribution < -0.4 is 17.1 Å². The van der Waals surface area contributed by atoms with Crippen LogP contribution in [0.25, 0.3) is 0 Å². The van der Waals surface area contributed by atoms with E-state index in [1.54, 1.807) is 17.9 Å². The first kappa shape index (κ1) is 24.3. The van der Waals surface area contributed by atoms with Crippen molar-refractivity contribution in [3.05, 3.63) is 46.0 Å². The topological polar surface area (TPSA) is 126 Å². The number of primary amides is 1. The van der Waals surface area contributed by atoms with Gasteiger partial charge < -0.3 is 20.6 Å². The van der Waals surface area contributed by atoms with Crippen LogP contribution in [-0.4, -0.2) is 24.0 Å². The predicted molar refractivity (Wildman–Crippen MR) is 131 cm³/mol. The van der Waals surface area contributed by atoms with E-state index in [2.05, 4.69) is 19.9 Å². The molecule has 1 heterocycles. The Hall–Kier alpha value is -2.41. The number of amides is 1. The van der Waals surface area contributed by atoms with Crippen LogP contribution in [0.1, 0.15) is 83.1 Å². The molecule has 4 N–H and O–H groups in total. The maximum Gasteiger partial charge on any atom is 0.335 e. The van der Waals surface area contributed by atoms with E-state index in [9.17, 15) is 14.4 Å². The Morgan fingerprint density at radius 3 is 2.69 bits per heavy atom. The standard InChI is InChI=1S/C28H38N2O5/c1-27-11-9-18(35-26(33)23(29)14-24(30)31)13-17(27)4-5-19-21-7-6-20(16-3-8-25(32)34-15-16)28(21,2)12-10-22(19)27/h3,7-8,15,17-20,22-23H,4-6,9-14,29H2,1-2H3,(H2,30,31)/t17-,18+,19+,20-,22+,23+,27+,28-/m1/s1. The van der Waals surface area contributed by atoms with Crippen molar-refractivity contribution in [1.82, 2.24) is 0 Å². The number of rotatable bonds is 5. The van der Waals surface area contributed by atoms with Crippen LogP contribution in [0.5, 0.6) is 0 Å². The van der Waals surface area contributed by atoms with E-state index in [4.69, 9.17) is 20.6 Å². The molecule has 0 unspecified atom stereocenters. The quantitative estimate of drug-likeness (QED) is 0.486. The van der Waals surface area contributed by atoms with E-state index in [1.807, 2.05) is 6.07 Å². The van der Waals surface area contributed by atoms with E-state index in [-0.39, 0.29) is 29.0 Å². The average molecular weight is 483 g/mol. The molecule has 4 aliphatic rings. The van der Waals surface area contributed by atoms with Gasteiger partial charge in [-0.3, -0.25) is 9.59 Å². The summed E-state index contributed by atoms with van der Waals surface area (Å²) < 4.78 is 10.9. The van der Waals surface area contributed by atoms with E-state index in [1.165, 1.54) is 12.8 Å². The first-order chi connectivity index (χ1) is 16.6. The molecule has 190 valence electrons. The van der Waals surface area contributed by atoms with Crippen molar-refractivity contribution in [2.75, 3.05) is 0 Å². The lowest BCUT2D eigenvalue weighted by molar-refractivity contribution is -0.160. The summed E-state index contributed by atoms with van der Waals surface area (Å²) >= 11 is 0. The second-order valence-corrected chi connectivity index (χ2v) is 11.9. The summed E-state index contributed by atoms with van der Waals surface area (Å²) in [6.07, 6.45) is 12.3. The second kappa shape index (κ2) is 8.91. The number of nitrogens with two attached hydrogens (primary N) is 2. The highest BCUT2D eigenvalue weighted by Crippen LogP contribution is 2.67. The van der Waals surface area contributed by atoms with Crippen molar-refractivity contribution in [3.8, 4) is 0 Å². The summed E-state index contributed by atoms with van der Waals surface area (Å²) in [7, 11) is 0. The van der Waals surface area contributed by atoms with Crippen molar-refractivity contribution in [2.45, 2.75) is 89.7 Å². The minimum atomic E-state index is -0.979. The predicted octanol–water partition coefficient (Wildman–Crippen LogP) is 3.80. The third-order valence-corrected chi connectivity index (χ3v) is 10.2. The normalized spacial score (nSPS) is 38.9. The van der Waals surface area contributed by atoms with Crippen LogP contribution in [0.3, 0.4) is 0 Å². The molecule has 35 heavy (non-hydrogen) atoms. The minimum Gasteiger partial charge on any atom is -0.461 e. The highest BCUT2D eigenvalue weighted by atomic mass is 16.5. The third-order valence-electron chi connectivity index (χ3n) is 10.2. The Balaban J connectivity index is 1.28. The molecule has 1 aromatic rings. The molecule has 0 aliphatic heterocycles. The number of allylic oxidation sites excluding steroid dienone is 2. The van der Waals surface area contributed by atoms with Crippen molar-refractivity contribution in [1.29, 1.82) is 0 Å². The number of ether oxygens (including phenoxy) is 1. The molecule has 5 rings (SSSR count). The Kier molecular flexibility index (Phi) is 6.19. The zero-order chi connectivity index (χ0) is 25.0.